The van der Waals surface area contributed by atoms with E-state index in [1.54, 1.807) is 49.4 Å². The van der Waals surface area contributed by atoms with Crippen molar-refractivity contribution >= 4 is 21.6 Å². The SMILES string of the molecule is CCNc1ccc(S(=O)(=O)N(CC)C(=O)c2ccccc2)cc1. The van der Waals surface area contributed by atoms with E-state index >= 15 is 0 Å². The van der Waals surface area contributed by atoms with Gasteiger partial charge in [-0.1, -0.05) is 18.2 Å². The maximum absolute atomic E-state index is 12.7. The normalized spacial score (nSPS) is 11.0. The van der Waals surface area contributed by atoms with Crippen LogP contribution in [0.1, 0.15) is 24.2 Å². The Kier molecular flexibility index (Phi) is 5.39. The van der Waals surface area contributed by atoms with Gasteiger partial charge in [0.25, 0.3) is 15.9 Å². The van der Waals surface area contributed by atoms with Crippen molar-refractivity contribution in [2.45, 2.75) is 18.7 Å². The third-order valence-electron chi connectivity index (χ3n) is 3.36. The van der Waals surface area contributed by atoms with Crippen molar-refractivity contribution in [2.24, 2.45) is 0 Å². The fraction of sp³-hybridized carbons (Fsp3) is 0.235. The summed E-state index contributed by atoms with van der Waals surface area (Å²) in [6.07, 6.45) is 0. The van der Waals surface area contributed by atoms with Crippen molar-refractivity contribution in [3.63, 3.8) is 0 Å². The van der Waals surface area contributed by atoms with Crippen LogP contribution in [0.3, 0.4) is 0 Å². The van der Waals surface area contributed by atoms with E-state index in [0.717, 1.165) is 16.5 Å². The van der Waals surface area contributed by atoms with Crippen LogP contribution in [0.15, 0.2) is 59.5 Å². The third kappa shape index (κ3) is 3.71. The molecule has 0 aromatic heterocycles. The number of amides is 1. The minimum atomic E-state index is -3.87. The van der Waals surface area contributed by atoms with Gasteiger partial charge in [-0.3, -0.25) is 4.79 Å². The molecule has 122 valence electrons. The van der Waals surface area contributed by atoms with Crippen LogP contribution < -0.4 is 5.32 Å². The molecule has 1 N–H and O–H groups in total. The second-order valence-electron chi connectivity index (χ2n) is 4.90. The lowest BCUT2D eigenvalue weighted by molar-refractivity contribution is 0.0866. The number of carbonyl (C=O) groups excluding carboxylic acids is 1. The zero-order chi connectivity index (χ0) is 16.9. The average molecular weight is 332 g/mol. The molecule has 0 saturated heterocycles. The topological polar surface area (TPSA) is 66.5 Å². The van der Waals surface area contributed by atoms with Gasteiger partial charge < -0.3 is 5.32 Å². The van der Waals surface area contributed by atoms with Gasteiger partial charge in [0.2, 0.25) is 0 Å². The monoisotopic (exact) mass is 332 g/mol. The van der Waals surface area contributed by atoms with Gasteiger partial charge in [0, 0.05) is 24.3 Å². The molecule has 2 aromatic rings. The van der Waals surface area contributed by atoms with Gasteiger partial charge in [-0.2, -0.15) is 0 Å². The van der Waals surface area contributed by atoms with Crippen LogP contribution in [0.4, 0.5) is 5.69 Å². The number of nitrogens with zero attached hydrogens (tertiary/aromatic N) is 1. The smallest absolute Gasteiger partial charge is 0.267 e. The molecule has 1 amide bonds. The van der Waals surface area contributed by atoms with Crippen LogP contribution in [0.5, 0.6) is 0 Å². The fourth-order valence-electron chi connectivity index (χ4n) is 2.22. The predicted octanol–water partition coefficient (Wildman–Crippen LogP) is 2.97. The van der Waals surface area contributed by atoms with E-state index in [4.69, 9.17) is 0 Å². The highest BCUT2D eigenvalue weighted by Crippen LogP contribution is 2.20. The summed E-state index contributed by atoms with van der Waals surface area (Å²) in [5.74, 6) is -0.524. The highest BCUT2D eigenvalue weighted by atomic mass is 32.2. The van der Waals surface area contributed by atoms with E-state index in [1.165, 1.54) is 12.1 Å². The lowest BCUT2D eigenvalue weighted by Gasteiger charge is -2.21. The van der Waals surface area contributed by atoms with Gasteiger partial charge in [0.15, 0.2) is 0 Å². The van der Waals surface area contributed by atoms with Crippen LogP contribution in [-0.4, -0.2) is 31.7 Å². The molecule has 0 aliphatic rings. The Morgan fingerprint density at radius 2 is 1.61 bits per heavy atom. The molecular weight excluding hydrogens is 312 g/mol. The number of anilines is 1. The summed E-state index contributed by atoms with van der Waals surface area (Å²) in [5.41, 5.74) is 1.19. The first-order valence-corrected chi connectivity index (χ1v) is 8.90. The number of nitrogens with one attached hydrogen (secondary N) is 1. The van der Waals surface area contributed by atoms with Gasteiger partial charge in [-0.15, -0.1) is 0 Å². The Balaban J connectivity index is 2.33. The maximum atomic E-state index is 12.7. The first-order valence-electron chi connectivity index (χ1n) is 7.46. The van der Waals surface area contributed by atoms with Crippen molar-refractivity contribution in [1.29, 1.82) is 0 Å². The van der Waals surface area contributed by atoms with Gasteiger partial charge >= 0.3 is 0 Å². The van der Waals surface area contributed by atoms with E-state index in [0.29, 0.717) is 5.56 Å². The molecule has 0 heterocycles. The van der Waals surface area contributed by atoms with Crippen LogP contribution >= 0.6 is 0 Å². The molecule has 0 radical (unpaired) electrons. The summed E-state index contributed by atoms with van der Waals surface area (Å²) in [5, 5.41) is 3.10. The molecule has 2 rings (SSSR count). The Morgan fingerprint density at radius 1 is 1.00 bits per heavy atom. The molecule has 0 saturated carbocycles. The molecule has 0 spiro atoms. The van der Waals surface area contributed by atoms with E-state index < -0.39 is 15.9 Å². The number of hydrogen-bond donors (Lipinski definition) is 1. The van der Waals surface area contributed by atoms with Crippen molar-refractivity contribution in [2.75, 3.05) is 18.4 Å². The molecule has 0 aliphatic carbocycles. The second kappa shape index (κ2) is 7.28. The summed E-state index contributed by atoms with van der Waals surface area (Å²) < 4.78 is 26.4. The first-order chi connectivity index (χ1) is 11.0. The Morgan fingerprint density at radius 3 is 2.13 bits per heavy atom. The molecule has 0 unspecified atom stereocenters. The van der Waals surface area contributed by atoms with Crippen LogP contribution in [0.25, 0.3) is 0 Å². The zero-order valence-corrected chi connectivity index (χ0v) is 14.0. The molecule has 6 heteroatoms. The molecule has 0 bridgehead atoms. The third-order valence-corrected chi connectivity index (χ3v) is 5.23. The fourth-order valence-corrected chi connectivity index (χ4v) is 3.62. The summed E-state index contributed by atoms with van der Waals surface area (Å²) in [6, 6.07) is 14.8. The quantitative estimate of drug-likeness (QED) is 0.883. The van der Waals surface area contributed by atoms with Crippen LogP contribution in [-0.2, 0) is 10.0 Å². The van der Waals surface area contributed by atoms with Gasteiger partial charge in [0.05, 0.1) is 4.90 Å². The Hall–Kier alpha value is -2.34. The lowest BCUT2D eigenvalue weighted by atomic mass is 10.2. The minimum absolute atomic E-state index is 0.0744. The number of hydrogen-bond acceptors (Lipinski definition) is 4. The molecule has 2 aromatic carbocycles. The van der Waals surface area contributed by atoms with Crippen molar-refractivity contribution in [3.8, 4) is 0 Å². The first kappa shape index (κ1) is 17.0. The zero-order valence-electron chi connectivity index (χ0n) is 13.2. The molecule has 5 nitrogen and oxygen atoms in total. The average Bonchev–Trinajstić information content (AvgIpc) is 2.57. The molecule has 0 fully saturated rings. The summed E-state index contributed by atoms with van der Waals surface area (Å²) >= 11 is 0. The Bertz CT molecular complexity index is 756. The van der Waals surface area contributed by atoms with Gasteiger partial charge in [0.1, 0.15) is 0 Å². The number of carbonyl (C=O) groups is 1. The molecule has 23 heavy (non-hydrogen) atoms. The van der Waals surface area contributed by atoms with Crippen LogP contribution in [0, 0.1) is 0 Å². The van der Waals surface area contributed by atoms with E-state index in [1.807, 2.05) is 6.92 Å². The van der Waals surface area contributed by atoms with E-state index in [2.05, 4.69) is 5.32 Å². The van der Waals surface area contributed by atoms with Crippen molar-refractivity contribution in [1.82, 2.24) is 4.31 Å². The minimum Gasteiger partial charge on any atom is -0.385 e. The molecule has 0 aliphatic heterocycles. The van der Waals surface area contributed by atoms with Gasteiger partial charge in [-0.25, -0.2) is 12.7 Å². The van der Waals surface area contributed by atoms with E-state index in [-0.39, 0.29) is 11.4 Å². The predicted molar refractivity (Wildman–Crippen MR) is 90.9 cm³/mol. The lowest BCUT2D eigenvalue weighted by Crippen LogP contribution is -2.36. The van der Waals surface area contributed by atoms with Crippen LogP contribution in [0.2, 0.25) is 0 Å². The summed E-state index contributed by atoms with van der Waals surface area (Å²) in [7, 11) is -3.87. The summed E-state index contributed by atoms with van der Waals surface area (Å²) in [4.78, 5) is 12.6. The Labute approximate surface area is 137 Å². The maximum Gasteiger partial charge on any atom is 0.267 e. The highest BCUT2D eigenvalue weighted by molar-refractivity contribution is 7.89. The molecular formula is C17H20N2O3S. The van der Waals surface area contributed by atoms with Crippen molar-refractivity contribution in [3.05, 3.63) is 60.2 Å². The standard InChI is InChI=1S/C17H20N2O3S/c1-3-18-15-10-12-16(13-11-15)23(21,22)19(4-2)17(20)14-8-6-5-7-9-14/h5-13,18H,3-4H2,1-2H3. The summed E-state index contributed by atoms with van der Waals surface area (Å²) in [6.45, 7) is 4.43. The van der Waals surface area contributed by atoms with Gasteiger partial charge in [-0.05, 0) is 50.2 Å². The largest absolute Gasteiger partial charge is 0.385 e. The van der Waals surface area contributed by atoms with E-state index in [9.17, 15) is 13.2 Å². The second-order valence-corrected chi connectivity index (χ2v) is 6.76. The number of rotatable bonds is 6. The molecule has 0 atom stereocenters. The number of benzene rings is 2. The highest BCUT2D eigenvalue weighted by Gasteiger charge is 2.28. The van der Waals surface area contributed by atoms with Crippen molar-refractivity contribution < 1.29 is 13.2 Å². The number of sulfonamides is 1.